The van der Waals surface area contributed by atoms with Gasteiger partial charge in [0.15, 0.2) is 11.5 Å². The van der Waals surface area contributed by atoms with Crippen LogP contribution < -0.4 is 0 Å². The molecule has 21 heavy (non-hydrogen) atoms. The van der Waals surface area contributed by atoms with Crippen molar-refractivity contribution < 1.29 is 4.79 Å². The van der Waals surface area contributed by atoms with Gasteiger partial charge in [0.1, 0.15) is 0 Å². The number of carbonyl (C=O) groups is 1. The van der Waals surface area contributed by atoms with Gasteiger partial charge in [0.05, 0.1) is 6.54 Å². The first kappa shape index (κ1) is 13.6. The molecular weight excluding hydrogens is 288 g/mol. The fourth-order valence-electron chi connectivity index (χ4n) is 2.10. The monoisotopic (exact) mass is 300 g/mol. The van der Waals surface area contributed by atoms with Gasteiger partial charge >= 0.3 is 0 Å². The maximum absolute atomic E-state index is 12.3. The number of hydrogen-bond acceptors (Lipinski definition) is 3. The van der Waals surface area contributed by atoms with Gasteiger partial charge in [-0.1, -0.05) is 17.7 Å². The van der Waals surface area contributed by atoms with Crippen LogP contribution in [-0.2, 0) is 6.54 Å². The molecule has 2 heterocycles. The van der Waals surface area contributed by atoms with Crippen molar-refractivity contribution in [3.63, 3.8) is 0 Å². The molecular formula is C15H13ClN4O. The molecule has 0 saturated carbocycles. The van der Waals surface area contributed by atoms with Crippen LogP contribution in [0.4, 0.5) is 0 Å². The van der Waals surface area contributed by atoms with Crippen molar-refractivity contribution in [2.75, 3.05) is 7.05 Å². The molecule has 0 aliphatic heterocycles. The number of aromatic nitrogens is 3. The highest BCUT2D eigenvalue weighted by Gasteiger charge is 2.14. The molecule has 0 bridgehead atoms. The number of benzene rings is 1. The van der Waals surface area contributed by atoms with E-state index in [2.05, 4.69) is 10.2 Å². The Morgan fingerprint density at radius 2 is 1.95 bits per heavy atom. The fraction of sp³-hybridized carbons (Fsp3) is 0.133. The number of fused-ring (bicyclic) bond motifs is 1. The van der Waals surface area contributed by atoms with Crippen LogP contribution in [0.5, 0.6) is 0 Å². The molecule has 0 unspecified atom stereocenters. The molecule has 0 fully saturated rings. The van der Waals surface area contributed by atoms with Crippen molar-refractivity contribution in [1.82, 2.24) is 19.5 Å². The van der Waals surface area contributed by atoms with E-state index in [9.17, 15) is 4.79 Å². The predicted molar refractivity (Wildman–Crippen MR) is 80.2 cm³/mol. The number of rotatable bonds is 3. The van der Waals surface area contributed by atoms with Crippen molar-refractivity contribution in [2.45, 2.75) is 6.54 Å². The molecule has 106 valence electrons. The minimum absolute atomic E-state index is 0.0839. The average Bonchev–Trinajstić information content (AvgIpc) is 2.91. The molecule has 0 aliphatic carbocycles. The van der Waals surface area contributed by atoms with Gasteiger partial charge in [0.2, 0.25) is 0 Å². The molecule has 3 rings (SSSR count). The Labute approximate surface area is 126 Å². The third-order valence-electron chi connectivity index (χ3n) is 3.20. The Hall–Kier alpha value is -2.40. The van der Waals surface area contributed by atoms with Gasteiger partial charge in [0, 0.05) is 23.8 Å². The van der Waals surface area contributed by atoms with Crippen LogP contribution in [0.2, 0.25) is 5.02 Å². The van der Waals surface area contributed by atoms with E-state index in [1.54, 1.807) is 36.2 Å². The minimum atomic E-state index is -0.0839. The molecule has 0 radical (unpaired) electrons. The van der Waals surface area contributed by atoms with Crippen LogP contribution in [0.1, 0.15) is 16.2 Å². The van der Waals surface area contributed by atoms with Crippen LogP contribution in [0, 0.1) is 0 Å². The van der Waals surface area contributed by atoms with Crippen molar-refractivity contribution in [3.8, 4) is 0 Å². The van der Waals surface area contributed by atoms with Crippen LogP contribution in [-0.4, -0.2) is 32.5 Å². The van der Waals surface area contributed by atoms with E-state index < -0.39 is 0 Å². The lowest BCUT2D eigenvalue weighted by molar-refractivity contribution is 0.0781. The first-order valence-electron chi connectivity index (χ1n) is 6.45. The lowest BCUT2D eigenvalue weighted by Gasteiger charge is -2.16. The SMILES string of the molecule is CN(Cc1nnc2ccccn12)C(=O)c1ccc(Cl)cc1. The zero-order chi connectivity index (χ0) is 14.8. The molecule has 0 atom stereocenters. The first-order chi connectivity index (χ1) is 10.1. The van der Waals surface area contributed by atoms with Crippen molar-refractivity contribution >= 4 is 23.2 Å². The van der Waals surface area contributed by atoms with Crippen LogP contribution >= 0.6 is 11.6 Å². The highest BCUT2D eigenvalue weighted by atomic mass is 35.5. The Morgan fingerprint density at radius 3 is 2.71 bits per heavy atom. The summed E-state index contributed by atoms with van der Waals surface area (Å²) in [6.07, 6.45) is 1.88. The summed E-state index contributed by atoms with van der Waals surface area (Å²) in [6, 6.07) is 12.5. The number of amides is 1. The lowest BCUT2D eigenvalue weighted by atomic mass is 10.2. The number of carbonyl (C=O) groups excluding carboxylic acids is 1. The van der Waals surface area contributed by atoms with E-state index in [4.69, 9.17) is 11.6 Å². The van der Waals surface area contributed by atoms with Gasteiger partial charge in [-0.15, -0.1) is 10.2 Å². The molecule has 1 amide bonds. The van der Waals surface area contributed by atoms with E-state index >= 15 is 0 Å². The second-order valence-corrected chi connectivity index (χ2v) is 5.15. The summed E-state index contributed by atoms with van der Waals surface area (Å²) in [7, 11) is 1.74. The number of pyridine rings is 1. The number of hydrogen-bond donors (Lipinski definition) is 0. The molecule has 0 N–H and O–H groups in total. The van der Waals surface area contributed by atoms with E-state index in [0.717, 1.165) is 11.5 Å². The summed E-state index contributed by atoms with van der Waals surface area (Å²) in [5.41, 5.74) is 1.36. The highest BCUT2D eigenvalue weighted by molar-refractivity contribution is 6.30. The molecule has 6 heteroatoms. The van der Waals surface area contributed by atoms with Gasteiger partial charge in [0.25, 0.3) is 5.91 Å². The summed E-state index contributed by atoms with van der Waals surface area (Å²) in [6.45, 7) is 0.382. The van der Waals surface area contributed by atoms with Gasteiger partial charge < -0.3 is 4.90 Å². The largest absolute Gasteiger partial charge is 0.334 e. The summed E-state index contributed by atoms with van der Waals surface area (Å²) >= 11 is 5.83. The maximum atomic E-state index is 12.3. The summed E-state index contributed by atoms with van der Waals surface area (Å²) in [4.78, 5) is 13.9. The van der Waals surface area contributed by atoms with E-state index in [1.807, 2.05) is 28.8 Å². The molecule has 0 spiro atoms. The molecule has 0 saturated heterocycles. The summed E-state index contributed by atoms with van der Waals surface area (Å²) in [5.74, 6) is 0.634. The topological polar surface area (TPSA) is 50.5 Å². The Bertz CT molecular complexity index is 782. The third kappa shape index (κ3) is 2.73. The maximum Gasteiger partial charge on any atom is 0.254 e. The van der Waals surface area contributed by atoms with Crippen molar-refractivity contribution in [2.24, 2.45) is 0 Å². The minimum Gasteiger partial charge on any atom is -0.334 e. The van der Waals surface area contributed by atoms with Crippen LogP contribution in [0.3, 0.4) is 0 Å². The zero-order valence-electron chi connectivity index (χ0n) is 11.4. The Morgan fingerprint density at radius 1 is 1.19 bits per heavy atom. The lowest BCUT2D eigenvalue weighted by Crippen LogP contribution is -2.27. The van der Waals surface area contributed by atoms with Crippen molar-refractivity contribution in [3.05, 3.63) is 65.1 Å². The average molecular weight is 301 g/mol. The first-order valence-corrected chi connectivity index (χ1v) is 6.82. The third-order valence-corrected chi connectivity index (χ3v) is 3.45. The van der Waals surface area contributed by atoms with Gasteiger partial charge in [-0.2, -0.15) is 0 Å². The van der Waals surface area contributed by atoms with Gasteiger partial charge in [-0.25, -0.2) is 0 Å². The van der Waals surface area contributed by atoms with Crippen molar-refractivity contribution in [1.29, 1.82) is 0 Å². The Kier molecular flexibility index (Phi) is 3.58. The molecule has 2 aromatic heterocycles. The number of nitrogens with zero attached hydrogens (tertiary/aromatic N) is 4. The van der Waals surface area contributed by atoms with E-state index in [0.29, 0.717) is 17.1 Å². The second-order valence-electron chi connectivity index (χ2n) is 4.71. The predicted octanol–water partition coefficient (Wildman–Crippen LogP) is 2.65. The van der Waals surface area contributed by atoms with Gasteiger partial charge in [-0.3, -0.25) is 9.20 Å². The fourth-order valence-corrected chi connectivity index (χ4v) is 2.22. The normalized spacial score (nSPS) is 10.8. The summed E-state index contributed by atoms with van der Waals surface area (Å²) in [5, 5.41) is 8.81. The van der Waals surface area contributed by atoms with E-state index in [-0.39, 0.29) is 5.91 Å². The van der Waals surface area contributed by atoms with Crippen LogP contribution in [0.15, 0.2) is 48.7 Å². The zero-order valence-corrected chi connectivity index (χ0v) is 12.2. The molecule has 3 aromatic rings. The summed E-state index contributed by atoms with van der Waals surface area (Å²) < 4.78 is 1.87. The Balaban J connectivity index is 1.81. The standard InChI is InChI=1S/C15H13ClN4O/c1-19(15(21)11-5-7-12(16)8-6-11)10-14-18-17-13-4-2-3-9-20(13)14/h2-9H,10H2,1H3. The van der Waals surface area contributed by atoms with Gasteiger partial charge in [-0.05, 0) is 36.4 Å². The smallest absolute Gasteiger partial charge is 0.254 e. The molecule has 0 aliphatic rings. The quantitative estimate of drug-likeness (QED) is 0.747. The number of halogens is 1. The highest BCUT2D eigenvalue weighted by Crippen LogP contribution is 2.12. The second kappa shape index (κ2) is 5.54. The molecule has 1 aromatic carbocycles. The van der Waals surface area contributed by atoms with Crippen LogP contribution in [0.25, 0.3) is 5.65 Å². The van der Waals surface area contributed by atoms with E-state index in [1.165, 1.54) is 0 Å². The molecule has 5 nitrogen and oxygen atoms in total.